The van der Waals surface area contributed by atoms with E-state index in [1.165, 1.54) is 12.1 Å². The maximum Gasteiger partial charge on any atom is 0.306 e. The van der Waals surface area contributed by atoms with E-state index in [2.05, 4.69) is 13.8 Å². The van der Waals surface area contributed by atoms with Gasteiger partial charge in [0.25, 0.3) is 0 Å². The molecule has 0 aliphatic rings. The van der Waals surface area contributed by atoms with Crippen molar-refractivity contribution in [2.45, 2.75) is 46.0 Å². The van der Waals surface area contributed by atoms with Gasteiger partial charge in [0.1, 0.15) is 0 Å². The molecule has 0 bridgehead atoms. The molecule has 0 amide bonds. The number of carbonyl (C=O) groups excluding carboxylic acids is 2. The molecule has 7 heteroatoms. The van der Waals surface area contributed by atoms with Gasteiger partial charge in [-0.2, -0.15) is 0 Å². The standard InChI is InChI=1S/C24H29Cl2O4P/c1-3-5-10-18(4-2)17-30-22(27)15-16-31(29,19-11-7-6-8-12-19)24(28)23-20(25)13-9-14-21(23)26/h6-9,11-14,18H,3-5,10,15-17H2,1-2H3. The Morgan fingerprint density at radius 2 is 1.65 bits per heavy atom. The second-order valence-electron chi connectivity index (χ2n) is 7.55. The Bertz CT molecular complexity index is 910. The third-order valence-corrected chi connectivity index (χ3v) is 8.83. The molecule has 0 N–H and O–H groups in total. The molecule has 2 unspecified atom stereocenters. The van der Waals surface area contributed by atoms with Crippen LogP contribution in [0.3, 0.4) is 0 Å². The van der Waals surface area contributed by atoms with E-state index in [4.69, 9.17) is 27.9 Å². The second-order valence-corrected chi connectivity index (χ2v) is 11.2. The predicted octanol–water partition coefficient (Wildman–Crippen LogP) is 6.97. The molecular formula is C24H29Cl2O4P. The summed E-state index contributed by atoms with van der Waals surface area (Å²) in [6.07, 6.45) is 3.86. The van der Waals surface area contributed by atoms with E-state index in [-0.39, 0.29) is 28.2 Å². The minimum Gasteiger partial charge on any atom is -0.465 e. The van der Waals surface area contributed by atoms with E-state index < -0.39 is 18.6 Å². The molecule has 31 heavy (non-hydrogen) atoms. The summed E-state index contributed by atoms with van der Waals surface area (Å²) in [5.41, 5.74) is -0.617. The third-order valence-electron chi connectivity index (χ3n) is 5.33. The number of hydrogen-bond donors (Lipinski definition) is 0. The van der Waals surface area contributed by atoms with Gasteiger partial charge >= 0.3 is 5.97 Å². The van der Waals surface area contributed by atoms with Crippen LogP contribution in [0.15, 0.2) is 48.5 Å². The van der Waals surface area contributed by atoms with Crippen LogP contribution in [0.5, 0.6) is 0 Å². The molecule has 0 fully saturated rings. The van der Waals surface area contributed by atoms with Crippen LogP contribution >= 0.6 is 30.3 Å². The molecule has 0 aliphatic carbocycles. The normalized spacial score (nSPS) is 13.9. The molecule has 0 saturated carbocycles. The van der Waals surface area contributed by atoms with Gasteiger partial charge in [-0.25, -0.2) is 0 Å². The Hall–Kier alpha value is -1.61. The fraction of sp³-hybridized carbons (Fsp3) is 0.417. The molecule has 168 valence electrons. The molecule has 0 saturated heterocycles. The Kier molecular flexibility index (Phi) is 10.3. The van der Waals surface area contributed by atoms with Crippen LogP contribution in [0.2, 0.25) is 10.0 Å². The van der Waals surface area contributed by atoms with Gasteiger partial charge in [0.15, 0.2) is 7.14 Å². The smallest absolute Gasteiger partial charge is 0.306 e. The highest BCUT2D eigenvalue weighted by atomic mass is 35.5. The number of ether oxygens (including phenoxy) is 1. The molecule has 0 aromatic heterocycles. The molecule has 2 aromatic rings. The lowest BCUT2D eigenvalue weighted by atomic mass is 10.0. The van der Waals surface area contributed by atoms with Crippen molar-refractivity contribution in [3.8, 4) is 0 Å². The fourth-order valence-corrected chi connectivity index (χ4v) is 6.48. The van der Waals surface area contributed by atoms with Crippen molar-refractivity contribution < 1.29 is 18.9 Å². The van der Waals surface area contributed by atoms with Crippen molar-refractivity contribution in [3.05, 3.63) is 64.1 Å². The van der Waals surface area contributed by atoms with Gasteiger partial charge < -0.3 is 9.30 Å². The summed E-state index contributed by atoms with van der Waals surface area (Å²) < 4.78 is 19.4. The Balaban J connectivity index is 2.19. The van der Waals surface area contributed by atoms with Crippen molar-refractivity contribution >= 4 is 47.1 Å². The summed E-state index contributed by atoms with van der Waals surface area (Å²) in [6, 6.07) is 13.1. The van der Waals surface area contributed by atoms with Gasteiger partial charge in [-0.1, -0.05) is 92.7 Å². The zero-order valence-electron chi connectivity index (χ0n) is 18.0. The first-order valence-electron chi connectivity index (χ1n) is 10.6. The summed E-state index contributed by atoms with van der Waals surface area (Å²) in [6.45, 7) is 4.54. The molecule has 4 nitrogen and oxygen atoms in total. The Morgan fingerprint density at radius 1 is 1.00 bits per heavy atom. The number of hydrogen-bond acceptors (Lipinski definition) is 4. The summed E-state index contributed by atoms with van der Waals surface area (Å²) in [4.78, 5) is 25.8. The molecular weight excluding hydrogens is 454 g/mol. The summed E-state index contributed by atoms with van der Waals surface area (Å²) in [5, 5.41) is 0.647. The van der Waals surface area contributed by atoms with Gasteiger partial charge in [0, 0.05) is 11.5 Å². The SMILES string of the molecule is CCCCC(CC)COC(=O)CCP(=O)(C(=O)c1c(Cl)cccc1Cl)c1ccccc1. The summed E-state index contributed by atoms with van der Waals surface area (Å²) in [5.74, 6) is -0.141. The molecule has 2 atom stereocenters. The Labute approximate surface area is 194 Å². The van der Waals surface area contributed by atoms with Crippen LogP contribution in [0, 0.1) is 5.92 Å². The first-order chi connectivity index (χ1) is 14.8. The highest BCUT2D eigenvalue weighted by Crippen LogP contribution is 2.50. The molecule has 0 radical (unpaired) electrons. The van der Waals surface area contributed by atoms with Crippen LogP contribution in [-0.2, 0) is 14.1 Å². The van der Waals surface area contributed by atoms with E-state index in [9.17, 15) is 14.2 Å². The quantitative estimate of drug-likeness (QED) is 0.242. The first-order valence-corrected chi connectivity index (χ1v) is 13.3. The predicted molar refractivity (Wildman–Crippen MR) is 128 cm³/mol. The lowest BCUT2D eigenvalue weighted by Crippen LogP contribution is -2.20. The van der Waals surface area contributed by atoms with Crippen LogP contribution in [0.4, 0.5) is 0 Å². The second kappa shape index (κ2) is 12.4. The van der Waals surface area contributed by atoms with Gasteiger partial charge in [0.2, 0.25) is 5.52 Å². The number of benzene rings is 2. The van der Waals surface area contributed by atoms with Gasteiger partial charge in [-0.3, -0.25) is 9.59 Å². The van der Waals surface area contributed by atoms with Crippen molar-refractivity contribution in [1.82, 2.24) is 0 Å². The lowest BCUT2D eigenvalue weighted by Gasteiger charge is -2.19. The monoisotopic (exact) mass is 482 g/mol. The van der Waals surface area contributed by atoms with Crippen molar-refractivity contribution in [2.75, 3.05) is 12.8 Å². The number of esters is 1. The molecule has 2 aromatic carbocycles. The molecule has 2 rings (SSSR count). The van der Waals surface area contributed by atoms with Crippen LogP contribution < -0.4 is 5.30 Å². The van der Waals surface area contributed by atoms with E-state index in [1.54, 1.807) is 36.4 Å². The van der Waals surface area contributed by atoms with E-state index in [0.29, 0.717) is 17.8 Å². The van der Waals surface area contributed by atoms with Crippen molar-refractivity contribution in [1.29, 1.82) is 0 Å². The summed E-state index contributed by atoms with van der Waals surface area (Å²) in [7, 11) is -3.67. The average Bonchev–Trinajstić information content (AvgIpc) is 2.78. The largest absolute Gasteiger partial charge is 0.465 e. The first kappa shape index (κ1) is 25.6. The molecule has 0 spiro atoms. The van der Waals surface area contributed by atoms with Gasteiger partial charge in [-0.05, 0) is 24.5 Å². The molecule has 0 heterocycles. The topological polar surface area (TPSA) is 60.4 Å². The van der Waals surface area contributed by atoms with Crippen LogP contribution in [-0.4, -0.2) is 24.3 Å². The highest BCUT2D eigenvalue weighted by molar-refractivity contribution is 7.87. The van der Waals surface area contributed by atoms with Gasteiger partial charge in [-0.15, -0.1) is 0 Å². The third kappa shape index (κ3) is 6.94. The summed E-state index contributed by atoms with van der Waals surface area (Å²) >= 11 is 12.4. The maximum atomic E-state index is 14.0. The number of rotatable bonds is 12. The van der Waals surface area contributed by atoms with E-state index in [1.807, 2.05) is 0 Å². The lowest BCUT2D eigenvalue weighted by molar-refractivity contribution is -0.144. The van der Waals surface area contributed by atoms with Crippen molar-refractivity contribution in [3.63, 3.8) is 0 Å². The van der Waals surface area contributed by atoms with Crippen LogP contribution in [0.25, 0.3) is 0 Å². The van der Waals surface area contributed by atoms with E-state index >= 15 is 0 Å². The average molecular weight is 483 g/mol. The van der Waals surface area contributed by atoms with E-state index in [0.717, 1.165) is 25.7 Å². The minimum atomic E-state index is -3.67. The number of halogens is 2. The molecule has 0 aliphatic heterocycles. The van der Waals surface area contributed by atoms with Crippen LogP contribution in [0.1, 0.15) is 56.3 Å². The highest BCUT2D eigenvalue weighted by Gasteiger charge is 2.37. The number of carbonyl (C=O) groups is 2. The Morgan fingerprint density at radius 3 is 2.23 bits per heavy atom. The fourth-order valence-electron chi connectivity index (χ4n) is 3.33. The zero-order valence-corrected chi connectivity index (χ0v) is 20.4. The number of unbranched alkanes of at least 4 members (excludes halogenated alkanes) is 1. The zero-order chi connectivity index (χ0) is 22.9. The van der Waals surface area contributed by atoms with Crippen molar-refractivity contribution in [2.24, 2.45) is 5.92 Å². The van der Waals surface area contributed by atoms with Gasteiger partial charge in [0.05, 0.1) is 28.6 Å². The maximum absolute atomic E-state index is 14.0. The minimum absolute atomic E-state index is 0.0250.